The molecule has 0 heterocycles. The van der Waals surface area contributed by atoms with Gasteiger partial charge < -0.3 is 36.5 Å². The van der Waals surface area contributed by atoms with Crippen molar-refractivity contribution in [2.75, 3.05) is 0 Å². The summed E-state index contributed by atoms with van der Waals surface area (Å²) in [7, 11) is 0. The molecule has 6 N–H and O–H groups in total. The van der Waals surface area contributed by atoms with Crippen LogP contribution in [0.1, 0.15) is 51.7 Å². The van der Waals surface area contributed by atoms with E-state index in [1.165, 1.54) is 0 Å². The predicted molar refractivity (Wildman–Crippen MR) is 164 cm³/mol. The molecule has 12 nitrogen and oxygen atoms in total. The number of nitrogens with two attached hydrogens (primary N) is 1. The minimum Gasteiger partial charge on any atom is -0.447 e. The molecule has 0 radical (unpaired) electrons. The summed E-state index contributed by atoms with van der Waals surface area (Å²) in [6, 6.07) is 13.4. The fourth-order valence-electron chi connectivity index (χ4n) is 4.22. The number of rotatable bonds is 17. The lowest BCUT2D eigenvalue weighted by Gasteiger charge is -2.27. The van der Waals surface area contributed by atoms with Crippen molar-refractivity contribution >= 4 is 35.9 Å². The largest absolute Gasteiger partial charge is 0.447 e. The summed E-state index contributed by atoms with van der Waals surface area (Å²) in [5.41, 5.74) is 7.22. The number of benzene rings is 2. The Balaban J connectivity index is 2.27. The number of Topliss-reactive ketones (excluding diaryl/α,β-unsaturated/α-hetero) is 1. The average Bonchev–Trinajstić information content (AvgIpc) is 3.00. The van der Waals surface area contributed by atoms with E-state index in [4.69, 9.17) is 10.5 Å². The first-order valence-corrected chi connectivity index (χ1v) is 14.6. The number of ether oxygens (including phenoxy) is 1. The zero-order chi connectivity index (χ0) is 32.6. The van der Waals surface area contributed by atoms with E-state index in [9.17, 15) is 28.8 Å². The van der Waals surface area contributed by atoms with Crippen molar-refractivity contribution in [3.05, 3.63) is 71.8 Å². The lowest BCUT2D eigenvalue weighted by Crippen LogP contribution is -2.58. The second-order valence-corrected chi connectivity index (χ2v) is 11.0. The lowest BCUT2D eigenvalue weighted by molar-refractivity contribution is -0.140. The first kappa shape index (κ1) is 35.6. The van der Waals surface area contributed by atoms with Crippen molar-refractivity contribution in [1.82, 2.24) is 21.3 Å². The smallest absolute Gasteiger partial charge is 0.408 e. The van der Waals surface area contributed by atoms with Crippen LogP contribution >= 0.6 is 0 Å². The highest BCUT2D eigenvalue weighted by Gasteiger charge is 2.33. The molecule has 0 spiro atoms. The molecule has 2 aromatic carbocycles. The Hall–Kier alpha value is -4.58. The summed E-state index contributed by atoms with van der Waals surface area (Å²) in [5, 5.41) is 10.4. The van der Waals surface area contributed by atoms with E-state index in [1.807, 2.05) is 6.07 Å². The molecule has 0 bridgehead atoms. The summed E-state index contributed by atoms with van der Waals surface area (Å²) in [6.45, 7) is 6.89. The zero-order valence-electron chi connectivity index (χ0n) is 25.6. The number of hydrogen-bond donors (Lipinski definition) is 5. The minimum atomic E-state index is -1.32. The van der Waals surface area contributed by atoms with Crippen LogP contribution in [0.4, 0.5) is 4.79 Å². The summed E-state index contributed by atoms with van der Waals surface area (Å²) in [5.74, 6) is -3.57. The van der Waals surface area contributed by atoms with Crippen LogP contribution in [0.5, 0.6) is 0 Å². The van der Waals surface area contributed by atoms with Gasteiger partial charge in [0.05, 0.1) is 18.2 Å². The maximum absolute atomic E-state index is 13.7. The van der Waals surface area contributed by atoms with Gasteiger partial charge in [-0.25, -0.2) is 4.79 Å². The van der Waals surface area contributed by atoms with Crippen LogP contribution in [0.3, 0.4) is 0 Å². The fraction of sp³-hybridized carbons (Fsp3) is 0.438. The van der Waals surface area contributed by atoms with Gasteiger partial charge in [0.2, 0.25) is 17.6 Å². The lowest BCUT2D eigenvalue weighted by atomic mass is 9.99. The van der Waals surface area contributed by atoms with Gasteiger partial charge in [-0.1, -0.05) is 74.5 Å². The van der Waals surface area contributed by atoms with Gasteiger partial charge in [-0.15, -0.1) is 0 Å². The highest BCUT2D eigenvalue weighted by atomic mass is 16.6. The van der Waals surface area contributed by atoms with Crippen molar-refractivity contribution in [3.8, 4) is 0 Å². The molecule has 238 valence electrons. The topological polar surface area (TPSA) is 186 Å². The Morgan fingerprint density at radius 1 is 0.773 bits per heavy atom. The van der Waals surface area contributed by atoms with Gasteiger partial charge in [-0.3, -0.25) is 19.2 Å². The number of aldehydes is 1. The Kier molecular flexibility index (Phi) is 14.7. The molecular weight excluding hydrogens is 566 g/mol. The van der Waals surface area contributed by atoms with Gasteiger partial charge >= 0.3 is 6.09 Å². The molecule has 0 fully saturated rings. The van der Waals surface area contributed by atoms with Crippen molar-refractivity contribution in [3.63, 3.8) is 0 Å². The third-order valence-electron chi connectivity index (χ3n) is 6.60. The van der Waals surface area contributed by atoms with Gasteiger partial charge in [0.15, 0.2) is 0 Å². The van der Waals surface area contributed by atoms with Crippen molar-refractivity contribution < 1.29 is 33.5 Å². The normalized spacial score (nSPS) is 13.6. The monoisotopic (exact) mass is 609 g/mol. The molecule has 0 aliphatic heterocycles. The van der Waals surface area contributed by atoms with Crippen LogP contribution in [0, 0.1) is 5.92 Å². The first-order chi connectivity index (χ1) is 20.9. The Morgan fingerprint density at radius 3 is 1.89 bits per heavy atom. The fourth-order valence-corrected chi connectivity index (χ4v) is 4.22. The van der Waals surface area contributed by atoms with Crippen molar-refractivity contribution in [1.29, 1.82) is 0 Å². The number of ketones is 1. The third kappa shape index (κ3) is 12.3. The van der Waals surface area contributed by atoms with Crippen molar-refractivity contribution in [2.24, 2.45) is 11.7 Å². The summed E-state index contributed by atoms with van der Waals surface area (Å²) in [4.78, 5) is 76.4. The molecule has 4 amide bonds. The van der Waals surface area contributed by atoms with E-state index in [2.05, 4.69) is 21.3 Å². The molecule has 2 aromatic rings. The average molecular weight is 610 g/mol. The summed E-state index contributed by atoms with van der Waals surface area (Å²) < 4.78 is 5.11. The Morgan fingerprint density at radius 2 is 1.34 bits per heavy atom. The molecular formula is C32H43N5O7. The van der Waals surface area contributed by atoms with E-state index in [0.29, 0.717) is 11.8 Å². The molecule has 4 atom stereocenters. The van der Waals surface area contributed by atoms with E-state index in [0.717, 1.165) is 5.56 Å². The predicted octanol–water partition coefficient (Wildman–Crippen LogP) is 1.55. The van der Waals surface area contributed by atoms with Gasteiger partial charge in [0, 0.05) is 13.0 Å². The molecule has 12 heteroatoms. The number of amides is 4. The summed E-state index contributed by atoms with van der Waals surface area (Å²) in [6.07, 6.45) is -0.688. The van der Waals surface area contributed by atoms with Gasteiger partial charge in [-0.05, 0) is 43.7 Å². The van der Waals surface area contributed by atoms with E-state index < -0.39 is 59.9 Å². The Labute approximate surface area is 257 Å². The second kappa shape index (κ2) is 18.2. The molecule has 0 saturated heterocycles. The summed E-state index contributed by atoms with van der Waals surface area (Å²) >= 11 is 0. The molecule has 0 aliphatic rings. The quantitative estimate of drug-likeness (QED) is 0.132. The number of carbonyl (C=O) groups excluding carboxylic acids is 6. The molecule has 1 unspecified atom stereocenters. The van der Waals surface area contributed by atoms with Crippen molar-refractivity contribution in [2.45, 2.75) is 83.8 Å². The van der Waals surface area contributed by atoms with Gasteiger partial charge in [0.25, 0.3) is 5.91 Å². The zero-order valence-corrected chi connectivity index (χ0v) is 25.6. The van der Waals surface area contributed by atoms with Crippen LogP contribution in [0.25, 0.3) is 0 Å². The molecule has 44 heavy (non-hydrogen) atoms. The molecule has 2 rings (SSSR count). The number of carbonyl (C=O) groups is 6. The highest BCUT2D eigenvalue weighted by Crippen LogP contribution is 2.10. The van der Waals surface area contributed by atoms with Crippen LogP contribution in [0.15, 0.2) is 60.7 Å². The maximum Gasteiger partial charge on any atom is 0.408 e. The number of alkyl carbamates (subject to hydrolysis) is 1. The standard InChI is InChI=1S/C32H43N5O7/c1-20(2)27(37-32(43)44-21(3)4)30(41)36-26(17-22-11-7-5-8-12-22)29(40)35-25(16-15-24(33)19-38)28(39)31(42)34-18-23-13-9-6-10-14-23/h5-14,19-21,24-27H,15-18,33H2,1-4H3,(H,34,42)(H,35,40)(H,36,41)(H,37,43)/t24?,25-,26-,27-/m0/s1. The van der Waals surface area contributed by atoms with E-state index in [-0.39, 0.29) is 31.7 Å². The molecule has 0 saturated carbocycles. The van der Waals surface area contributed by atoms with E-state index >= 15 is 0 Å². The number of hydrogen-bond acceptors (Lipinski definition) is 8. The van der Waals surface area contributed by atoms with E-state index in [1.54, 1.807) is 82.3 Å². The van der Waals surface area contributed by atoms with Crippen LogP contribution < -0.4 is 27.0 Å². The first-order valence-electron chi connectivity index (χ1n) is 14.6. The van der Waals surface area contributed by atoms with Crippen LogP contribution in [-0.2, 0) is 41.7 Å². The third-order valence-corrected chi connectivity index (χ3v) is 6.60. The second-order valence-electron chi connectivity index (χ2n) is 11.0. The minimum absolute atomic E-state index is 0.0270. The van der Waals surface area contributed by atoms with Crippen LogP contribution in [0.2, 0.25) is 0 Å². The molecule has 0 aromatic heterocycles. The van der Waals surface area contributed by atoms with Gasteiger partial charge in [0.1, 0.15) is 18.4 Å². The number of nitrogens with one attached hydrogen (secondary N) is 4. The maximum atomic E-state index is 13.7. The van der Waals surface area contributed by atoms with Gasteiger partial charge in [-0.2, -0.15) is 0 Å². The SMILES string of the molecule is CC(C)OC(=O)N[C@H](C(=O)N[C@@H](Cc1ccccc1)C(=O)N[C@@H](CCC(N)C=O)C(=O)C(=O)NCc1ccccc1)C(C)C. The molecule has 0 aliphatic carbocycles. The Bertz CT molecular complexity index is 1250. The highest BCUT2D eigenvalue weighted by molar-refractivity contribution is 6.38. The van der Waals surface area contributed by atoms with Crippen LogP contribution in [-0.4, -0.2) is 66.2 Å².